The normalized spacial score (nSPS) is 11.4. The van der Waals surface area contributed by atoms with Gasteiger partial charge in [-0.2, -0.15) is 13.2 Å². The summed E-state index contributed by atoms with van der Waals surface area (Å²) in [6.45, 7) is 0. The Labute approximate surface area is 155 Å². The van der Waals surface area contributed by atoms with Crippen LogP contribution in [0.1, 0.15) is 5.56 Å². The highest BCUT2D eigenvalue weighted by Crippen LogP contribution is 2.49. The lowest BCUT2D eigenvalue weighted by Crippen LogP contribution is -2.04. The van der Waals surface area contributed by atoms with Crippen LogP contribution in [0.3, 0.4) is 0 Å². The van der Waals surface area contributed by atoms with Gasteiger partial charge in [0, 0.05) is 0 Å². The van der Waals surface area contributed by atoms with Crippen molar-refractivity contribution in [2.45, 2.75) is 6.18 Å². The number of nitrogens with two attached hydrogens (primary N) is 1. The van der Waals surface area contributed by atoms with Crippen LogP contribution in [0.2, 0.25) is 0 Å². The first kappa shape index (κ1) is 19.1. The van der Waals surface area contributed by atoms with Crippen molar-refractivity contribution in [3.8, 4) is 33.9 Å². The maximum Gasteiger partial charge on any atom is 0.416 e. The van der Waals surface area contributed by atoms with Crippen molar-refractivity contribution in [2.24, 2.45) is 0 Å². The third-order valence-electron chi connectivity index (χ3n) is 4.03. The molecule has 1 heterocycles. The smallest absolute Gasteiger partial charge is 0.416 e. The van der Waals surface area contributed by atoms with Gasteiger partial charge in [-0.15, -0.1) is 0 Å². The molecule has 28 heavy (non-hydrogen) atoms. The number of anilines is 1. The topological polar surface area (TPSA) is 112 Å². The molecule has 0 unspecified atom stereocenters. The molecule has 0 aliphatic heterocycles. The molecular weight excluding hydrogens is 381 g/mol. The fourth-order valence-electron chi connectivity index (χ4n) is 2.81. The number of methoxy groups -OCH3 is 1. The standard InChI is InChI=1S/C18H13F3N2O5/c1-27-12-7-3-6-11(14(12)23(25)26)16-15(24)13(17(22)28-16)9-4-2-5-10(8-9)18(19,20)21/h2-8,24H,22H2,1H3. The number of rotatable bonds is 4. The number of halogens is 3. The number of nitrogen functional groups attached to an aromatic ring is 1. The summed E-state index contributed by atoms with van der Waals surface area (Å²) in [6.07, 6.45) is -4.60. The summed E-state index contributed by atoms with van der Waals surface area (Å²) >= 11 is 0. The molecule has 2 aromatic carbocycles. The second kappa shape index (κ2) is 6.80. The fraction of sp³-hybridized carbons (Fsp3) is 0.111. The largest absolute Gasteiger partial charge is 0.504 e. The second-order valence-electron chi connectivity index (χ2n) is 5.71. The molecule has 3 aromatic rings. The molecule has 0 saturated heterocycles. The zero-order valence-corrected chi connectivity index (χ0v) is 14.3. The monoisotopic (exact) mass is 394 g/mol. The number of para-hydroxylation sites is 1. The third kappa shape index (κ3) is 3.20. The third-order valence-corrected chi connectivity index (χ3v) is 4.03. The maximum atomic E-state index is 13.0. The Morgan fingerprint density at radius 2 is 1.89 bits per heavy atom. The van der Waals surface area contributed by atoms with Gasteiger partial charge >= 0.3 is 11.9 Å². The minimum Gasteiger partial charge on any atom is -0.504 e. The van der Waals surface area contributed by atoms with Gasteiger partial charge in [-0.05, 0) is 29.8 Å². The zero-order chi connectivity index (χ0) is 20.6. The molecular formula is C18H13F3N2O5. The van der Waals surface area contributed by atoms with Gasteiger partial charge in [-0.3, -0.25) is 10.1 Å². The molecule has 0 fully saturated rings. The number of hydrogen-bond donors (Lipinski definition) is 2. The molecule has 0 spiro atoms. The molecule has 3 rings (SSSR count). The van der Waals surface area contributed by atoms with E-state index in [0.29, 0.717) is 0 Å². The Morgan fingerprint density at radius 1 is 1.21 bits per heavy atom. The highest BCUT2D eigenvalue weighted by molar-refractivity contribution is 5.89. The number of nitro groups is 1. The van der Waals surface area contributed by atoms with Gasteiger partial charge in [0.15, 0.2) is 17.3 Å². The van der Waals surface area contributed by atoms with Gasteiger partial charge in [-0.25, -0.2) is 0 Å². The maximum absolute atomic E-state index is 13.0. The number of aromatic hydroxyl groups is 1. The highest BCUT2D eigenvalue weighted by Gasteiger charge is 2.32. The molecule has 7 nitrogen and oxygen atoms in total. The fourth-order valence-corrected chi connectivity index (χ4v) is 2.81. The number of alkyl halides is 3. The van der Waals surface area contributed by atoms with Crippen LogP contribution in [0.4, 0.5) is 24.7 Å². The van der Waals surface area contributed by atoms with Crippen molar-refractivity contribution in [3.63, 3.8) is 0 Å². The zero-order valence-electron chi connectivity index (χ0n) is 14.3. The summed E-state index contributed by atoms with van der Waals surface area (Å²) in [5.74, 6) is -1.44. The summed E-state index contributed by atoms with van der Waals surface area (Å²) in [6, 6.07) is 8.20. The van der Waals surface area contributed by atoms with Crippen molar-refractivity contribution in [3.05, 3.63) is 58.1 Å². The second-order valence-corrected chi connectivity index (χ2v) is 5.71. The highest BCUT2D eigenvalue weighted by atomic mass is 19.4. The Kier molecular flexibility index (Phi) is 4.63. The van der Waals surface area contributed by atoms with Crippen LogP contribution in [0.25, 0.3) is 22.5 Å². The first-order chi connectivity index (χ1) is 13.1. The summed E-state index contributed by atoms with van der Waals surface area (Å²) in [5, 5.41) is 22.0. The first-order valence-electron chi connectivity index (χ1n) is 7.75. The Hall–Kier alpha value is -3.69. The van der Waals surface area contributed by atoms with Crippen LogP contribution in [0, 0.1) is 10.1 Å². The SMILES string of the molecule is COc1cccc(-c2oc(N)c(-c3cccc(C(F)(F)F)c3)c2O)c1[N+](=O)[O-]. The van der Waals surface area contributed by atoms with Crippen molar-refractivity contribution in [2.75, 3.05) is 12.8 Å². The van der Waals surface area contributed by atoms with E-state index >= 15 is 0 Å². The van der Waals surface area contributed by atoms with Gasteiger partial charge in [0.2, 0.25) is 5.88 Å². The summed E-state index contributed by atoms with van der Waals surface area (Å²) in [4.78, 5) is 10.7. The predicted molar refractivity (Wildman–Crippen MR) is 93.9 cm³/mol. The van der Waals surface area contributed by atoms with Gasteiger partial charge < -0.3 is 20.0 Å². The summed E-state index contributed by atoms with van der Waals surface area (Å²) < 4.78 is 49.2. The lowest BCUT2D eigenvalue weighted by atomic mass is 10.0. The van der Waals surface area contributed by atoms with Gasteiger partial charge in [0.1, 0.15) is 5.56 Å². The molecule has 3 N–H and O–H groups in total. The van der Waals surface area contributed by atoms with Gasteiger partial charge in [0.25, 0.3) is 0 Å². The number of benzene rings is 2. The number of hydrogen-bond acceptors (Lipinski definition) is 6. The van der Waals surface area contributed by atoms with E-state index in [1.54, 1.807) is 0 Å². The molecule has 0 aliphatic rings. The summed E-state index contributed by atoms with van der Waals surface area (Å²) in [5.41, 5.74) is 3.95. The number of nitro benzene ring substituents is 1. The molecule has 1 aromatic heterocycles. The average Bonchev–Trinajstić information content (AvgIpc) is 2.94. The summed E-state index contributed by atoms with van der Waals surface area (Å²) in [7, 11) is 1.23. The Bertz CT molecular complexity index is 1060. The molecule has 10 heteroatoms. The van der Waals surface area contributed by atoms with Crippen molar-refractivity contribution < 1.29 is 32.4 Å². The number of nitrogens with zero attached hydrogens (tertiary/aromatic N) is 1. The molecule has 0 radical (unpaired) electrons. The average molecular weight is 394 g/mol. The van der Waals surface area contributed by atoms with Crippen LogP contribution in [0.15, 0.2) is 46.9 Å². The van der Waals surface area contributed by atoms with E-state index in [-0.39, 0.29) is 34.1 Å². The lowest BCUT2D eigenvalue weighted by Gasteiger charge is -2.08. The van der Waals surface area contributed by atoms with Gasteiger partial charge in [-0.1, -0.05) is 18.2 Å². The Balaban J connectivity index is 2.22. The van der Waals surface area contributed by atoms with Crippen molar-refractivity contribution >= 4 is 11.6 Å². The lowest BCUT2D eigenvalue weighted by molar-refractivity contribution is -0.385. The minimum absolute atomic E-state index is 0.0506. The molecule has 0 atom stereocenters. The molecule has 0 saturated carbocycles. The number of ether oxygens (including phenoxy) is 1. The van der Waals surface area contributed by atoms with Crippen LogP contribution < -0.4 is 10.5 Å². The van der Waals surface area contributed by atoms with E-state index in [4.69, 9.17) is 14.9 Å². The van der Waals surface area contributed by atoms with Crippen LogP contribution in [-0.2, 0) is 6.18 Å². The van der Waals surface area contributed by atoms with Crippen molar-refractivity contribution in [1.82, 2.24) is 0 Å². The Morgan fingerprint density at radius 3 is 2.50 bits per heavy atom. The van der Waals surface area contributed by atoms with E-state index in [9.17, 15) is 28.4 Å². The molecule has 0 bridgehead atoms. The van der Waals surface area contributed by atoms with E-state index in [2.05, 4.69) is 0 Å². The van der Waals surface area contributed by atoms with E-state index in [0.717, 1.165) is 18.2 Å². The van der Waals surface area contributed by atoms with Gasteiger partial charge in [0.05, 0.1) is 23.2 Å². The molecule has 146 valence electrons. The molecule has 0 aliphatic carbocycles. The van der Waals surface area contributed by atoms with E-state index < -0.39 is 28.1 Å². The van der Waals surface area contributed by atoms with Crippen molar-refractivity contribution in [1.29, 1.82) is 0 Å². The van der Waals surface area contributed by atoms with E-state index in [1.807, 2.05) is 0 Å². The van der Waals surface area contributed by atoms with Crippen LogP contribution in [-0.4, -0.2) is 17.1 Å². The number of furan rings is 1. The minimum atomic E-state index is -4.60. The van der Waals surface area contributed by atoms with E-state index in [1.165, 1.54) is 31.4 Å². The van der Waals surface area contributed by atoms with Crippen LogP contribution in [0.5, 0.6) is 11.5 Å². The first-order valence-corrected chi connectivity index (χ1v) is 7.75. The quantitative estimate of drug-likeness (QED) is 0.484. The van der Waals surface area contributed by atoms with Crippen LogP contribution >= 0.6 is 0 Å². The predicted octanol–water partition coefficient (Wildman–Crippen LogP) is 4.84. The molecule has 0 amide bonds.